The molecule has 3 aromatic rings. The molecule has 1 atom stereocenters. The third-order valence-electron chi connectivity index (χ3n) is 3.12. The maximum atomic E-state index is 10.9. The lowest BCUT2D eigenvalue weighted by Crippen LogP contribution is -2.01. The van der Waals surface area contributed by atoms with Crippen molar-refractivity contribution >= 4 is 17.0 Å². The SMILES string of the molecule is O=C(O)c1ccc2nc(C(O)c3ccccc3)[nH]c2c1. The fourth-order valence-corrected chi connectivity index (χ4v) is 2.09. The number of aliphatic hydroxyl groups is 1. The van der Waals surface area contributed by atoms with E-state index in [0.717, 1.165) is 5.56 Å². The van der Waals surface area contributed by atoms with Gasteiger partial charge in [0.15, 0.2) is 0 Å². The number of carboxylic acid groups (broad SMARTS) is 1. The molecule has 2 aromatic carbocycles. The van der Waals surface area contributed by atoms with Gasteiger partial charge >= 0.3 is 5.97 Å². The average Bonchev–Trinajstić information content (AvgIpc) is 2.90. The molecule has 3 rings (SSSR count). The molecule has 5 nitrogen and oxygen atoms in total. The first-order valence-electron chi connectivity index (χ1n) is 6.11. The van der Waals surface area contributed by atoms with E-state index in [1.54, 1.807) is 18.2 Å². The Hall–Kier alpha value is -2.66. The van der Waals surface area contributed by atoms with Crippen LogP contribution in [0.25, 0.3) is 11.0 Å². The van der Waals surface area contributed by atoms with Crippen molar-refractivity contribution in [3.8, 4) is 0 Å². The Morgan fingerprint density at radius 3 is 2.60 bits per heavy atom. The van der Waals surface area contributed by atoms with Gasteiger partial charge in [0.05, 0.1) is 16.6 Å². The lowest BCUT2D eigenvalue weighted by molar-refractivity contribution is 0.0697. The van der Waals surface area contributed by atoms with Crippen LogP contribution in [-0.2, 0) is 0 Å². The molecule has 0 saturated heterocycles. The van der Waals surface area contributed by atoms with Crippen LogP contribution >= 0.6 is 0 Å². The number of fused-ring (bicyclic) bond motifs is 1. The van der Waals surface area contributed by atoms with Crippen molar-refractivity contribution in [1.29, 1.82) is 0 Å². The number of imidazole rings is 1. The highest BCUT2D eigenvalue weighted by Gasteiger charge is 2.15. The average molecular weight is 268 g/mol. The highest BCUT2D eigenvalue weighted by atomic mass is 16.4. The number of hydrogen-bond acceptors (Lipinski definition) is 3. The van der Waals surface area contributed by atoms with Crippen molar-refractivity contribution in [3.05, 3.63) is 65.5 Å². The minimum Gasteiger partial charge on any atom is -0.478 e. The van der Waals surface area contributed by atoms with E-state index < -0.39 is 12.1 Å². The fraction of sp³-hybridized carbons (Fsp3) is 0.0667. The molecule has 0 amide bonds. The molecule has 0 bridgehead atoms. The van der Waals surface area contributed by atoms with Crippen LogP contribution < -0.4 is 0 Å². The highest BCUT2D eigenvalue weighted by Crippen LogP contribution is 2.22. The zero-order chi connectivity index (χ0) is 14.1. The summed E-state index contributed by atoms with van der Waals surface area (Å²) in [5.41, 5.74) is 2.13. The second-order valence-corrected chi connectivity index (χ2v) is 4.47. The van der Waals surface area contributed by atoms with E-state index in [4.69, 9.17) is 5.11 Å². The van der Waals surface area contributed by atoms with Crippen LogP contribution in [0, 0.1) is 0 Å². The quantitative estimate of drug-likeness (QED) is 0.680. The third-order valence-corrected chi connectivity index (χ3v) is 3.12. The number of H-pyrrole nitrogens is 1. The Morgan fingerprint density at radius 1 is 1.15 bits per heavy atom. The molecule has 20 heavy (non-hydrogen) atoms. The number of hydrogen-bond donors (Lipinski definition) is 3. The van der Waals surface area contributed by atoms with Gasteiger partial charge < -0.3 is 15.2 Å². The summed E-state index contributed by atoms with van der Waals surface area (Å²) < 4.78 is 0. The molecule has 0 aliphatic carbocycles. The molecule has 3 N–H and O–H groups in total. The minimum absolute atomic E-state index is 0.182. The van der Waals surface area contributed by atoms with Gasteiger partial charge in [-0.2, -0.15) is 0 Å². The van der Waals surface area contributed by atoms with E-state index in [1.807, 2.05) is 18.2 Å². The first kappa shape index (κ1) is 12.4. The number of aliphatic hydroxyl groups excluding tert-OH is 1. The number of aromatic nitrogens is 2. The second-order valence-electron chi connectivity index (χ2n) is 4.47. The van der Waals surface area contributed by atoms with Gasteiger partial charge in [0.2, 0.25) is 0 Å². The molecule has 0 saturated carbocycles. The topological polar surface area (TPSA) is 86.2 Å². The van der Waals surface area contributed by atoms with Crippen LogP contribution in [0.15, 0.2) is 48.5 Å². The van der Waals surface area contributed by atoms with Crippen LogP contribution in [-0.4, -0.2) is 26.2 Å². The Bertz CT molecular complexity index is 765. The summed E-state index contributed by atoms with van der Waals surface area (Å²) in [7, 11) is 0. The van der Waals surface area contributed by atoms with E-state index in [-0.39, 0.29) is 5.56 Å². The van der Waals surface area contributed by atoms with E-state index in [9.17, 15) is 9.90 Å². The minimum atomic E-state index is -0.994. The van der Waals surface area contributed by atoms with Crippen molar-refractivity contribution in [1.82, 2.24) is 9.97 Å². The van der Waals surface area contributed by atoms with Crippen molar-refractivity contribution in [3.63, 3.8) is 0 Å². The maximum absolute atomic E-state index is 10.9. The first-order chi connectivity index (χ1) is 9.65. The van der Waals surface area contributed by atoms with Gasteiger partial charge in [-0.05, 0) is 23.8 Å². The number of aromatic carboxylic acids is 1. The van der Waals surface area contributed by atoms with E-state index in [2.05, 4.69) is 9.97 Å². The summed E-state index contributed by atoms with van der Waals surface area (Å²) in [5.74, 6) is -0.597. The number of carboxylic acids is 1. The number of nitrogens with zero attached hydrogens (tertiary/aromatic N) is 1. The predicted molar refractivity (Wildman–Crippen MR) is 73.6 cm³/mol. The lowest BCUT2D eigenvalue weighted by Gasteiger charge is -2.06. The van der Waals surface area contributed by atoms with Gasteiger partial charge in [-0.15, -0.1) is 0 Å². The van der Waals surface area contributed by atoms with Crippen LogP contribution in [0.3, 0.4) is 0 Å². The summed E-state index contributed by atoms with van der Waals surface area (Å²) >= 11 is 0. The summed E-state index contributed by atoms with van der Waals surface area (Å²) in [4.78, 5) is 18.2. The van der Waals surface area contributed by atoms with Gasteiger partial charge in [0, 0.05) is 0 Å². The molecule has 0 fully saturated rings. The van der Waals surface area contributed by atoms with Crippen LogP contribution in [0.4, 0.5) is 0 Å². The Morgan fingerprint density at radius 2 is 1.90 bits per heavy atom. The Kier molecular flexibility index (Phi) is 2.96. The molecule has 100 valence electrons. The number of rotatable bonds is 3. The van der Waals surface area contributed by atoms with Gasteiger partial charge in [-0.3, -0.25) is 0 Å². The molecule has 0 aliphatic heterocycles. The molecule has 1 unspecified atom stereocenters. The summed E-state index contributed by atoms with van der Waals surface area (Å²) in [6, 6.07) is 13.8. The summed E-state index contributed by atoms with van der Waals surface area (Å²) in [5, 5.41) is 19.2. The van der Waals surface area contributed by atoms with Crippen molar-refractivity contribution in [2.24, 2.45) is 0 Å². The zero-order valence-electron chi connectivity index (χ0n) is 10.4. The molecular formula is C15H12N2O3. The lowest BCUT2D eigenvalue weighted by atomic mass is 10.1. The third kappa shape index (κ3) is 2.15. The van der Waals surface area contributed by atoms with Crippen molar-refractivity contribution in [2.75, 3.05) is 0 Å². The van der Waals surface area contributed by atoms with Gasteiger partial charge in [-0.1, -0.05) is 30.3 Å². The van der Waals surface area contributed by atoms with Crippen LogP contribution in [0.1, 0.15) is 27.8 Å². The molecular weight excluding hydrogens is 256 g/mol. The molecule has 0 radical (unpaired) electrons. The molecule has 0 aliphatic rings. The zero-order valence-corrected chi connectivity index (χ0v) is 10.4. The normalized spacial score (nSPS) is 12.4. The highest BCUT2D eigenvalue weighted by molar-refractivity contribution is 5.92. The number of carbonyl (C=O) groups is 1. The largest absolute Gasteiger partial charge is 0.478 e. The van der Waals surface area contributed by atoms with Crippen molar-refractivity contribution < 1.29 is 15.0 Å². The smallest absolute Gasteiger partial charge is 0.335 e. The molecule has 1 heterocycles. The van der Waals surface area contributed by atoms with Gasteiger partial charge in [0.1, 0.15) is 11.9 Å². The second kappa shape index (κ2) is 4.79. The molecule has 1 aromatic heterocycles. The first-order valence-corrected chi connectivity index (χ1v) is 6.11. The monoisotopic (exact) mass is 268 g/mol. The van der Waals surface area contributed by atoms with Gasteiger partial charge in [-0.25, -0.2) is 9.78 Å². The molecule has 5 heteroatoms. The Labute approximate surface area is 114 Å². The van der Waals surface area contributed by atoms with Gasteiger partial charge in [0.25, 0.3) is 0 Å². The number of aromatic amines is 1. The van der Waals surface area contributed by atoms with Crippen LogP contribution in [0.2, 0.25) is 0 Å². The van der Waals surface area contributed by atoms with E-state index in [0.29, 0.717) is 16.9 Å². The number of nitrogens with one attached hydrogen (secondary N) is 1. The number of benzene rings is 2. The predicted octanol–water partition coefficient (Wildman–Crippen LogP) is 2.34. The maximum Gasteiger partial charge on any atom is 0.335 e. The fourth-order valence-electron chi connectivity index (χ4n) is 2.09. The Balaban J connectivity index is 2.03. The standard InChI is InChI=1S/C15H12N2O3/c18-13(9-4-2-1-3-5-9)14-16-11-7-6-10(15(19)20)8-12(11)17-14/h1-8,13,18H,(H,16,17)(H,19,20). The summed E-state index contributed by atoms with van der Waals surface area (Å²) in [6.07, 6.45) is -0.864. The van der Waals surface area contributed by atoms with E-state index in [1.165, 1.54) is 12.1 Å². The summed E-state index contributed by atoms with van der Waals surface area (Å²) in [6.45, 7) is 0. The van der Waals surface area contributed by atoms with Crippen molar-refractivity contribution in [2.45, 2.75) is 6.10 Å². The van der Waals surface area contributed by atoms with Crippen LogP contribution in [0.5, 0.6) is 0 Å². The molecule has 0 spiro atoms. The van der Waals surface area contributed by atoms with E-state index >= 15 is 0 Å².